The Morgan fingerprint density at radius 1 is 1.46 bits per heavy atom. The Morgan fingerprint density at radius 2 is 2.27 bits per heavy atom. The second-order valence-corrected chi connectivity index (χ2v) is 7.69. The number of unbranched alkanes of at least 4 members (excludes halogenated alkanes) is 1. The highest BCUT2D eigenvalue weighted by molar-refractivity contribution is 6.31. The van der Waals surface area contributed by atoms with Crippen LogP contribution in [0.25, 0.3) is 0 Å². The Balaban J connectivity index is 1.60. The summed E-state index contributed by atoms with van der Waals surface area (Å²) in [4.78, 5) is 27.5. The molecular formula is C20H22ClNO4. The zero-order chi connectivity index (χ0) is 18.5. The number of hydrogen-bond donors (Lipinski definition) is 0. The highest BCUT2D eigenvalue weighted by atomic mass is 35.5. The molecule has 0 aliphatic carbocycles. The van der Waals surface area contributed by atoms with Crippen molar-refractivity contribution >= 4 is 29.2 Å². The maximum atomic E-state index is 13.2. The van der Waals surface area contributed by atoms with Crippen LogP contribution in [-0.4, -0.2) is 36.7 Å². The van der Waals surface area contributed by atoms with E-state index >= 15 is 0 Å². The van der Waals surface area contributed by atoms with Gasteiger partial charge in [0, 0.05) is 10.7 Å². The second kappa shape index (κ2) is 6.39. The molecule has 2 bridgehead atoms. The summed E-state index contributed by atoms with van der Waals surface area (Å²) in [6, 6.07) is 5.51. The Bertz CT molecular complexity index is 792. The SMILES string of the molecule is CCCCOC(=O)[C@@H]1[C@H]2C=C[C@@]3(CN(c4ccc(Cl)c(C)c4)C(=O)[C@@H]13)O2. The van der Waals surface area contributed by atoms with E-state index in [0.29, 0.717) is 18.2 Å². The molecule has 26 heavy (non-hydrogen) atoms. The Kier molecular flexibility index (Phi) is 4.32. The van der Waals surface area contributed by atoms with Gasteiger partial charge in [-0.1, -0.05) is 37.1 Å². The van der Waals surface area contributed by atoms with E-state index in [4.69, 9.17) is 21.1 Å². The first kappa shape index (κ1) is 17.6. The third kappa shape index (κ3) is 2.57. The van der Waals surface area contributed by atoms with Gasteiger partial charge in [-0.2, -0.15) is 0 Å². The number of carbonyl (C=O) groups is 2. The number of fused-ring (bicyclic) bond motifs is 1. The van der Waals surface area contributed by atoms with Gasteiger partial charge >= 0.3 is 5.97 Å². The van der Waals surface area contributed by atoms with Gasteiger partial charge in [-0.05, 0) is 37.1 Å². The van der Waals surface area contributed by atoms with Crippen molar-refractivity contribution in [1.82, 2.24) is 0 Å². The number of rotatable bonds is 5. The lowest BCUT2D eigenvalue weighted by molar-refractivity contribution is -0.152. The average Bonchev–Trinajstić information content (AvgIpc) is 3.26. The fraction of sp³-hybridized carbons (Fsp3) is 0.500. The van der Waals surface area contributed by atoms with Crippen LogP contribution in [0.5, 0.6) is 0 Å². The van der Waals surface area contributed by atoms with Crippen molar-refractivity contribution in [3.8, 4) is 0 Å². The number of ether oxygens (including phenoxy) is 2. The summed E-state index contributed by atoms with van der Waals surface area (Å²) in [5, 5.41) is 0.660. The quantitative estimate of drug-likeness (QED) is 0.450. The summed E-state index contributed by atoms with van der Waals surface area (Å²) >= 11 is 6.11. The zero-order valence-corrected chi connectivity index (χ0v) is 15.7. The number of hydrogen-bond acceptors (Lipinski definition) is 4. The van der Waals surface area contributed by atoms with Crippen molar-refractivity contribution in [2.45, 2.75) is 38.4 Å². The minimum atomic E-state index is -0.732. The smallest absolute Gasteiger partial charge is 0.312 e. The molecule has 1 spiro atoms. The van der Waals surface area contributed by atoms with E-state index in [1.165, 1.54) is 0 Å². The molecule has 3 aliphatic heterocycles. The molecule has 5 nitrogen and oxygen atoms in total. The maximum Gasteiger partial charge on any atom is 0.312 e. The van der Waals surface area contributed by atoms with Crippen LogP contribution in [0.2, 0.25) is 5.02 Å². The van der Waals surface area contributed by atoms with E-state index in [-0.39, 0.29) is 18.0 Å². The minimum absolute atomic E-state index is 0.0870. The fourth-order valence-corrected chi connectivity index (χ4v) is 4.31. The molecule has 1 aromatic carbocycles. The molecule has 1 amide bonds. The molecule has 138 valence electrons. The second-order valence-electron chi connectivity index (χ2n) is 7.28. The molecule has 0 unspecified atom stereocenters. The molecule has 4 atom stereocenters. The molecule has 0 aromatic heterocycles. The lowest BCUT2D eigenvalue weighted by Crippen LogP contribution is -2.40. The van der Waals surface area contributed by atoms with Crippen molar-refractivity contribution in [1.29, 1.82) is 0 Å². The molecule has 3 aliphatic rings. The zero-order valence-electron chi connectivity index (χ0n) is 14.9. The maximum absolute atomic E-state index is 13.2. The van der Waals surface area contributed by atoms with Gasteiger partial charge in [0.25, 0.3) is 0 Å². The van der Waals surface area contributed by atoms with E-state index in [1.54, 1.807) is 11.0 Å². The van der Waals surface area contributed by atoms with Crippen LogP contribution in [-0.2, 0) is 19.1 Å². The van der Waals surface area contributed by atoms with Crippen molar-refractivity contribution in [2.75, 3.05) is 18.1 Å². The Labute approximate surface area is 157 Å². The van der Waals surface area contributed by atoms with Gasteiger partial charge in [-0.25, -0.2) is 0 Å². The summed E-state index contributed by atoms with van der Waals surface area (Å²) < 4.78 is 11.5. The van der Waals surface area contributed by atoms with Crippen LogP contribution in [0.4, 0.5) is 5.69 Å². The lowest BCUT2D eigenvalue weighted by atomic mass is 9.77. The van der Waals surface area contributed by atoms with E-state index in [2.05, 4.69) is 0 Å². The lowest BCUT2D eigenvalue weighted by Gasteiger charge is -2.22. The van der Waals surface area contributed by atoms with Gasteiger partial charge in [0.1, 0.15) is 11.5 Å². The fourth-order valence-electron chi connectivity index (χ4n) is 4.20. The number of esters is 1. The topological polar surface area (TPSA) is 55.8 Å². The van der Waals surface area contributed by atoms with Crippen LogP contribution in [0.1, 0.15) is 25.3 Å². The molecule has 4 rings (SSSR count). The highest BCUT2D eigenvalue weighted by Gasteiger charge is 2.67. The molecule has 3 heterocycles. The monoisotopic (exact) mass is 375 g/mol. The van der Waals surface area contributed by atoms with Gasteiger partial charge < -0.3 is 14.4 Å². The summed E-state index contributed by atoms with van der Waals surface area (Å²) in [6.07, 6.45) is 5.24. The molecule has 0 radical (unpaired) electrons. The molecule has 0 N–H and O–H groups in total. The summed E-state index contributed by atoms with van der Waals surface area (Å²) in [5.74, 6) is -1.51. The average molecular weight is 376 g/mol. The third-order valence-corrected chi connectivity index (χ3v) is 5.99. The van der Waals surface area contributed by atoms with Crippen molar-refractivity contribution in [3.63, 3.8) is 0 Å². The number of anilines is 1. The van der Waals surface area contributed by atoms with Crippen molar-refractivity contribution in [2.24, 2.45) is 11.8 Å². The van der Waals surface area contributed by atoms with Gasteiger partial charge in [-0.3, -0.25) is 9.59 Å². The van der Waals surface area contributed by atoms with Gasteiger partial charge in [0.05, 0.1) is 25.2 Å². The highest BCUT2D eigenvalue weighted by Crippen LogP contribution is 2.53. The predicted octanol–water partition coefficient (Wildman–Crippen LogP) is 3.28. The first-order valence-corrected chi connectivity index (χ1v) is 9.46. The number of benzene rings is 1. The van der Waals surface area contributed by atoms with E-state index in [9.17, 15) is 9.59 Å². The Morgan fingerprint density at radius 3 is 3.00 bits per heavy atom. The van der Waals surface area contributed by atoms with Crippen molar-refractivity contribution in [3.05, 3.63) is 40.9 Å². The summed E-state index contributed by atoms with van der Waals surface area (Å²) in [6.45, 7) is 4.74. The van der Waals surface area contributed by atoms with Gasteiger partial charge in [-0.15, -0.1) is 0 Å². The molecule has 2 saturated heterocycles. The van der Waals surface area contributed by atoms with E-state index in [1.807, 2.05) is 38.1 Å². The Hall–Kier alpha value is -1.85. The normalized spacial score (nSPS) is 31.6. The van der Waals surface area contributed by atoms with Crippen LogP contribution < -0.4 is 4.90 Å². The molecule has 0 saturated carbocycles. The minimum Gasteiger partial charge on any atom is -0.465 e. The van der Waals surface area contributed by atoms with E-state index < -0.39 is 17.4 Å². The molecule has 1 aromatic rings. The van der Waals surface area contributed by atoms with Crippen molar-refractivity contribution < 1.29 is 19.1 Å². The molecule has 2 fully saturated rings. The molecule has 6 heteroatoms. The third-order valence-electron chi connectivity index (χ3n) is 5.57. The largest absolute Gasteiger partial charge is 0.465 e. The number of halogens is 1. The van der Waals surface area contributed by atoms with Gasteiger partial charge in [0.2, 0.25) is 5.91 Å². The van der Waals surface area contributed by atoms with Crippen LogP contribution in [0.3, 0.4) is 0 Å². The summed E-state index contributed by atoms with van der Waals surface area (Å²) in [5.41, 5.74) is 0.950. The summed E-state index contributed by atoms with van der Waals surface area (Å²) in [7, 11) is 0. The molecular weight excluding hydrogens is 354 g/mol. The number of amides is 1. The van der Waals surface area contributed by atoms with Gasteiger partial charge in [0.15, 0.2) is 0 Å². The first-order chi connectivity index (χ1) is 12.5. The number of nitrogens with zero attached hydrogens (tertiary/aromatic N) is 1. The predicted molar refractivity (Wildman–Crippen MR) is 98.1 cm³/mol. The standard InChI is InChI=1S/C20H22ClNO4/c1-3-4-9-25-19(24)16-15-7-8-20(26-15)11-22(18(23)17(16)20)13-5-6-14(21)12(2)10-13/h5-8,10,15-17H,3-4,9,11H2,1-2H3/t15-,16-,17-,20+/m1/s1. The number of aryl methyl sites for hydroxylation is 1. The van der Waals surface area contributed by atoms with Crippen LogP contribution in [0, 0.1) is 18.8 Å². The van der Waals surface area contributed by atoms with Crippen LogP contribution >= 0.6 is 11.6 Å². The number of carbonyl (C=O) groups excluding carboxylic acids is 2. The van der Waals surface area contributed by atoms with Crippen LogP contribution in [0.15, 0.2) is 30.4 Å². The first-order valence-electron chi connectivity index (χ1n) is 9.08. The van der Waals surface area contributed by atoms with E-state index in [0.717, 1.165) is 24.1 Å².